The Morgan fingerprint density at radius 1 is 0.886 bits per heavy atom. The van der Waals surface area contributed by atoms with Crippen LogP contribution in [0.1, 0.15) is 6.92 Å². The maximum absolute atomic E-state index is 13.6. The maximum Gasteiger partial charge on any atom is 0.239 e. The summed E-state index contributed by atoms with van der Waals surface area (Å²) in [5.41, 5.74) is -0.951. The summed E-state index contributed by atoms with van der Waals surface area (Å²) in [5.74, 6) is -2.44. The second-order valence-corrected chi connectivity index (χ2v) is 7.93. The Balaban J connectivity index is 1.97. The zero-order chi connectivity index (χ0) is 25.6. The first kappa shape index (κ1) is 24.4. The molecule has 2 aromatic carbocycles. The van der Waals surface area contributed by atoms with E-state index in [4.69, 9.17) is 23.4 Å². The van der Waals surface area contributed by atoms with E-state index in [9.17, 15) is 35.4 Å². The molecule has 0 radical (unpaired) electrons. The van der Waals surface area contributed by atoms with Crippen molar-refractivity contribution < 1.29 is 54.0 Å². The van der Waals surface area contributed by atoms with Gasteiger partial charge in [-0.3, -0.25) is 4.79 Å². The van der Waals surface area contributed by atoms with Crippen molar-refractivity contribution in [2.75, 3.05) is 14.2 Å². The molecule has 12 nitrogen and oxygen atoms in total. The van der Waals surface area contributed by atoms with Gasteiger partial charge in [0.1, 0.15) is 29.3 Å². The number of methoxy groups -OCH3 is 2. The van der Waals surface area contributed by atoms with E-state index in [0.29, 0.717) is 0 Å². The Morgan fingerprint density at radius 2 is 1.60 bits per heavy atom. The van der Waals surface area contributed by atoms with Gasteiger partial charge < -0.3 is 54.0 Å². The van der Waals surface area contributed by atoms with E-state index in [2.05, 4.69) is 0 Å². The summed E-state index contributed by atoms with van der Waals surface area (Å²) in [5, 5.41) is 60.5. The van der Waals surface area contributed by atoms with Crippen molar-refractivity contribution in [1.82, 2.24) is 0 Å². The van der Waals surface area contributed by atoms with Crippen molar-refractivity contribution >= 4 is 11.0 Å². The second kappa shape index (κ2) is 9.15. The third-order valence-electron chi connectivity index (χ3n) is 5.74. The Labute approximate surface area is 197 Å². The number of aliphatic hydroxyl groups excluding tert-OH is 3. The minimum atomic E-state index is -1.75. The van der Waals surface area contributed by atoms with Crippen LogP contribution in [0.25, 0.3) is 22.3 Å². The Morgan fingerprint density at radius 3 is 2.23 bits per heavy atom. The average molecular weight is 492 g/mol. The van der Waals surface area contributed by atoms with E-state index in [-0.39, 0.29) is 33.8 Å². The number of rotatable bonds is 5. The van der Waals surface area contributed by atoms with Gasteiger partial charge in [0.15, 0.2) is 28.8 Å². The standard InChI is InChI=1S/C23H24O12/c1-8-15(26)18(29)19(30)23(33-8)35-22-17(28)14-12(7-13(31-2)21(32-3)16(14)27)34-20(22)9-4-5-10(24)11(25)6-9/h4-8,15,18-19,23-27,29-30H,1-3H3/t8?,15-,18?,19-,23-/m0/s1. The molecule has 12 heteroatoms. The third-order valence-corrected chi connectivity index (χ3v) is 5.74. The zero-order valence-corrected chi connectivity index (χ0v) is 18.8. The number of phenolic OH excluding ortho intramolecular Hbond substituents is 3. The van der Waals surface area contributed by atoms with Crippen LogP contribution in [0.2, 0.25) is 0 Å². The lowest BCUT2D eigenvalue weighted by Gasteiger charge is -2.38. The van der Waals surface area contributed by atoms with Gasteiger partial charge in [-0.2, -0.15) is 0 Å². The molecule has 35 heavy (non-hydrogen) atoms. The molecule has 6 N–H and O–H groups in total. The van der Waals surface area contributed by atoms with Crippen molar-refractivity contribution in [1.29, 1.82) is 0 Å². The lowest BCUT2D eigenvalue weighted by molar-refractivity contribution is -0.268. The van der Waals surface area contributed by atoms with Gasteiger partial charge >= 0.3 is 0 Å². The highest BCUT2D eigenvalue weighted by Gasteiger charge is 2.44. The number of hydrogen-bond donors (Lipinski definition) is 6. The number of phenols is 3. The maximum atomic E-state index is 13.6. The molecule has 1 fully saturated rings. The molecule has 1 saturated heterocycles. The fraction of sp³-hybridized carbons (Fsp3) is 0.348. The van der Waals surface area contributed by atoms with E-state index in [1.807, 2.05) is 0 Å². The molecule has 4 rings (SSSR count). The number of hydrogen-bond acceptors (Lipinski definition) is 12. The van der Waals surface area contributed by atoms with E-state index in [1.54, 1.807) is 0 Å². The van der Waals surface area contributed by atoms with Crippen LogP contribution in [0.5, 0.6) is 34.5 Å². The summed E-state index contributed by atoms with van der Waals surface area (Å²) < 4.78 is 27.3. The molecule has 0 saturated carbocycles. The summed E-state index contributed by atoms with van der Waals surface area (Å²) >= 11 is 0. The largest absolute Gasteiger partial charge is 0.504 e. The smallest absolute Gasteiger partial charge is 0.239 e. The normalized spacial score (nSPS) is 24.3. The van der Waals surface area contributed by atoms with Crippen LogP contribution >= 0.6 is 0 Å². The topological polar surface area (TPSA) is 189 Å². The fourth-order valence-electron chi connectivity index (χ4n) is 3.81. The molecule has 0 amide bonds. The summed E-state index contributed by atoms with van der Waals surface area (Å²) in [7, 11) is 2.58. The van der Waals surface area contributed by atoms with E-state index in [1.165, 1.54) is 33.3 Å². The first-order valence-corrected chi connectivity index (χ1v) is 10.4. The van der Waals surface area contributed by atoms with Crippen molar-refractivity contribution in [3.63, 3.8) is 0 Å². The van der Waals surface area contributed by atoms with Gasteiger partial charge in [0.2, 0.25) is 23.2 Å². The van der Waals surface area contributed by atoms with Gasteiger partial charge in [0.05, 0.1) is 20.3 Å². The Bertz CT molecular complexity index is 1320. The lowest BCUT2D eigenvalue weighted by Crippen LogP contribution is -2.58. The summed E-state index contributed by atoms with van der Waals surface area (Å²) in [4.78, 5) is 13.6. The molecule has 0 bridgehead atoms. The van der Waals surface area contributed by atoms with Crippen LogP contribution in [0.15, 0.2) is 33.5 Å². The predicted molar refractivity (Wildman–Crippen MR) is 119 cm³/mol. The van der Waals surface area contributed by atoms with Crippen LogP contribution < -0.4 is 19.6 Å². The Kier molecular flexibility index (Phi) is 6.38. The molecule has 1 aromatic heterocycles. The summed E-state index contributed by atoms with van der Waals surface area (Å²) in [6.07, 6.45) is -7.39. The van der Waals surface area contributed by atoms with Gasteiger partial charge in [0, 0.05) is 11.6 Å². The minimum Gasteiger partial charge on any atom is -0.504 e. The van der Waals surface area contributed by atoms with Crippen LogP contribution in [0.4, 0.5) is 0 Å². The van der Waals surface area contributed by atoms with Crippen molar-refractivity contribution in [2.45, 2.75) is 37.6 Å². The number of ether oxygens (including phenoxy) is 4. The molecule has 1 aliphatic heterocycles. The van der Waals surface area contributed by atoms with Crippen LogP contribution in [0.3, 0.4) is 0 Å². The molecule has 5 atom stereocenters. The number of fused-ring (bicyclic) bond motifs is 1. The first-order valence-electron chi connectivity index (χ1n) is 10.4. The molecule has 2 heterocycles. The molecule has 2 unspecified atom stereocenters. The predicted octanol–water partition coefficient (Wildman–Crippen LogP) is 0.800. The molecule has 0 spiro atoms. The Hall–Kier alpha value is -3.71. The first-order chi connectivity index (χ1) is 16.6. The second-order valence-electron chi connectivity index (χ2n) is 7.93. The van der Waals surface area contributed by atoms with Gasteiger partial charge in [-0.05, 0) is 25.1 Å². The van der Waals surface area contributed by atoms with Crippen molar-refractivity contribution in [3.8, 4) is 45.8 Å². The minimum absolute atomic E-state index is 0.0609. The van der Waals surface area contributed by atoms with Crippen molar-refractivity contribution in [3.05, 3.63) is 34.5 Å². The van der Waals surface area contributed by atoms with Crippen LogP contribution in [0, 0.1) is 0 Å². The van der Waals surface area contributed by atoms with E-state index >= 15 is 0 Å². The molecular weight excluding hydrogens is 468 g/mol. The molecule has 3 aromatic rings. The SMILES string of the molecule is COc1cc2oc(-c3ccc(O)c(O)c3)c(O[C@@H]3OC(C)[C@H](O)C(O)[C@@H]3O)c(=O)c2c(O)c1OC. The monoisotopic (exact) mass is 492 g/mol. The van der Waals surface area contributed by atoms with E-state index in [0.717, 1.165) is 12.1 Å². The molecular formula is C23H24O12. The van der Waals surface area contributed by atoms with Crippen molar-refractivity contribution in [2.24, 2.45) is 0 Å². The zero-order valence-electron chi connectivity index (χ0n) is 18.8. The average Bonchev–Trinajstić information content (AvgIpc) is 2.83. The molecule has 1 aliphatic rings. The van der Waals surface area contributed by atoms with Gasteiger partial charge in [-0.25, -0.2) is 0 Å². The number of aliphatic hydroxyl groups is 3. The quantitative estimate of drug-likeness (QED) is 0.275. The number of aromatic hydroxyl groups is 3. The fourth-order valence-corrected chi connectivity index (χ4v) is 3.81. The highest BCUT2D eigenvalue weighted by atomic mass is 16.7. The van der Waals surface area contributed by atoms with Crippen LogP contribution in [-0.2, 0) is 4.74 Å². The number of benzene rings is 2. The van der Waals surface area contributed by atoms with Gasteiger partial charge in [-0.1, -0.05) is 0 Å². The molecule has 188 valence electrons. The highest BCUT2D eigenvalue weighted by molar-refractivity contribution is 5.91. The molecule has 0 aliphatic carbocycles. The van der Waals surface area contributed by atoms with Crippen LogP contribution in [-0.4, -0.2) is 75.6 Å². The lowest BCUT2D eigenvalue weighted by atomic mass is 10.00. The highest BCUT2D eigenvalue weighted by Crippen LogP contribution is 2.44. The summed E-state index contributed by atoms with van der Waals surface area (Å²) in [6, 6.07) is 4.88. The van der Waals surface area contributed by atoms with E-state index < -0.39 is 59.1 Å². The van der Waals surface area contributed by atoms with Gasteiger partial charge in [0.25, 0.3) is 0 Å². The third kappa shape index (κ3) is 4.06. The summed E-state index contributed by atoms with van der Waals surface area (Å²) in [6.45, 7) is 1.43. The van der Waals surface area contributed by atoms with Gasteiger partial charge in [-0.15, -0.1) is 0 Å².